The Morgan fingerprint density at radius 3 is 2.67 bits per heavy atom. The SMILES string of the molecule is CCNCc1cc(S(=O)(=O)N(C)C(C)CSC)ccc1F. The summed E-state index contributed by atoms with van der Waals surface area (Å²) in [5, 5.41) is 3.00. The predicted octanol–water partition coefficient (Wildman–Crippen LogP) is 2.31. The molecular weight excluding hydrogens is 311 g/mol. The number of rotatable bonds is 8. The lowest BCUT2D eigenvalue weighted by atomic mass is 10.2. The van der Waals surface area contributed by atoms with E-state index in [-0.39, 0.29) is 10.9 Å². The van der Waals surface area contributed by atoms with E-state index in [1.807, 2.05) is 20.1 Å². The third kappa shape index (κ3) is 4.67. The molecule has 1 unspecified atom stereocenters. The van der Waals surface area contributed by atoms with E-state index in [4.69, 9.17) is 0 Å². The molecule has 0 heterocycles. The van der Waals surface area contributed by atoms with E-state index < -0.39 is 15.8 Å². The van der Waals surface area contributed by atoms with Gasteiger partial charge in [0, 0.05) is 31.0 Å². The van der Waals surface area contributed by atoms with Gasteiger partial charge in [-0.2, -0.15) is 16.1 Å². The first-order chi connectivity index (χ1) is 9.84. The Hall–Kier alpha value is -0.630. The fraction of sp³-hybridized carbons (Fsp3) is 0.571. The molecule has 1 atom stereocenters. The monoisotopic (exact) mass is 334 g/mol. The van der Waals surface area contributed by atoms with Crippen LogP contribution < -0.4 is 5.32 Å². The number of hydrogen-bond donors (Lipinski definition) is 1. The van der Waals surface area contributed by atoms with Gasteiger partial charge in [0.2, 0.25) is 10.0 Å². The summed E-state index contributed by atoms with van der Waals surface area (Å²) in [6.07, 6.45) is 1.93. The Balaban J connectivity index is 3.08. The van der Waals surface area contributed by atoms with E-state index in [1.54, 1.807) is 18.8 Å². The van der Waals surface area contributed by atoms with Crippen molar-refractivity contribution < 1.29 is 12.8 Å². The molecule has 0 radical (unpaired) electrons. The normalized spacial score (nSPS) is 13.6. The molecule has 1 N–H and O–H groups in total. The second kappa shape index (κ2) is 8.12. The minimum Gasteiger partial charge on any atom is -0.313 e. The average Bonchev–Trinajstić information content (AvgIpc) is 2.45. The molecule has 120 valence electrons. The highest BCUT2D eigenvalue weighted by molar-refractivity contribution is 7.98. The summed E-state index contributed by atoms with van der Waals surface area (Å²) in [6, 6.07) is 3.83. The van der Waals surface area contributed by atoms with Crippen molar-refractivity contribution in [2.24, 2.45) is 0 Å². The molecule has 0 fully saturated rings. The lowest BCUT2D eigenvalue weighted by molar-refractivity contribution is 0.415. The average molecular weight is 334 g/mol. The van der Waals surface area contributed by atoms with Crippen LogP contribution in [-0.2, 0) is 16.6 Å². The van der Waals surface area contributed by atoms with Crippen LogP contribution in [0.2, 0.25) is 0 Å². The smallest absolute Gasteiger partial charge is 0.243 e. The fourth-order valence-electron chi connectivity index (χ4n) is 1.86. The Kier molecular flexibility index (Phi) is 7.12. The molecule has 0 amide bonds. The second-order valence-electron chi connectivity index (χ2n) is 4.86. The number of nitrogens with one attached hydrogen (secondary N) is 1. The lowest BCUT2D eigenvalue weighted by Crippen LogP contribution is -2.36. The molecule has 0 aliphatic carbocycles. The Morgan fingerprint density at radius 2 is 2.10 bits per heavy atom. The zero-order valence-corrected chi connectivity index (χ0v) is 14.5. The van der Waals surface area contributed by atoms with Gasteiger partial charge in [0.15, 0.2) is 0 Å². The highest BCUT2D eigenvalue weighted by Crippen LogP contribution is 2.20. The van der Waals surface area contributed by atoms with Crippen LogP contribution in [0.25, 0.3) is 0 Å². The molecule has 0 aliphatic heterocycles. The molecule has 21 heavy (non-hydrogen) atoms. The molecular formula is C14H23FN2O2S2. The summed E-state index contributed by atoms with van der Waals surface area (Å²) < 4.78 is 40.2. The minimum atomic E-state index is -3.60. The Morgan fingerprint density at radius 1 is 1.43 bits per heavy atom. The van der Waals surface area contributed by atoms with Crippen molar-refractivity contribution in [3.05, 3.63) is 29.6 Å². The van der Waals surface area contributed by atoms with Crippen molar-refractivity contribution in [3.63, 3.8) is 0 Å². The number of benzene rings is 1. The summed E-state index contributed by atoms with van der Waals surface area (Å²) in [5.41, 5.74) is 0.365. The van der Waals surface area contributed by atoms with Crippen molar-refractivity contribution in [2.75, 3.05) is 25.6 Å². The topological polar surface area (TPSA) is 49.4 Å². The van der Waals surface area contributed by atoms with Crippen LogP contribution in [0.5, 0.6) is 0 Å². The van der Waals surface area contributed by atoms with Gasteiger partial charge in [0.25, 0.3) is 0 Å². The van der Waals surface area contributed by atoms with Crippen LogP contribution in [-0.4, -0.2) is 44.4 Å². The molecule has 4 nitrogen and oxygen atoms in total. The first kappa shape index (κ1) is 18.4. The molecule has 1 rings (SSSR count). The summed E-state index contributed by atoms with van der Waals surface area (Å²) in [7, 11) is -2.04. The highest BCUT2D eigenvalue weighted by atomic mass is 32.2. The molecule has 0 aliphatic rings. The zero-order valence-electron chi connectivity index (χ0n) is 12.9. The van der Waals surface area contributed by atoms with E-state index in [0.29, 0.717) is 24.4 Å². The molecule has 0 saturated heterocycles. The van der Waals surface area contributed by atoms with E-state index in [1.165, 1.54) is 22.5 Å². The summed E-state index contributed by atoms with van der Waals surface area (Å²) >= 11 is 1.59. The van der Waals surface area contributed by atoms with E-state index in [0.717, 1.165) is 0 Å². The van der Waals surface area contributed by atoms with Gasteiger partial charge in [-0.25, -0.2) is 12.8 Å². The van der Waals surface area contributed by atoms with Crippen LogP contribution in [0, 0.1) is 5.82 Å². The van der Waals surface area contributed by atoms with Gasteiger partial charge < -0.3 is 5.32 Å². The molecule has 1 aromatic rings. The van der Waals surface area contributed by atoms with Crippen molar-refractivity contribution in [2.45, 2.75) is 31.3 Å². The van der Waals surface area contributed by atoms with E-state index in [2.05, 4.69) is 5.32 Å². The predicted molar refractivity (Wildman–Crippen MR) is 86.6 cm³/mol. The van der Waals surface area contributed by atoms with Crippen molar-refractivity contribution >= 4 is 21.8 Å². The number of nitrogens with zero attached hydrogens (tertiary/aromatic N) is 1. The molecule has 7 heteroatoms. The van der Waals surface area contributed by atoms with Gasteiger partial charge >= 0.3 is 0 Å². The molecule has 0 spiro atoms. The highest BCUT2D eigenvalue weighted by Gasteiger charge is 2.25. The second-order valence-corrected chi connectivity index (χ2v) is 7.77. The maximum atomic E-state index is 13.7. The van der Waals surface area contributed by atoms with Crippen LogP contribution >= 0.6 is 11.8 Å². The summed E-state index contributed by atoms with van der Waals surface area (Å²) in [5.74, 6) is 0.316. The quantitative estimate of drug-likeness (QED) is 0.792. The van der Waals surface area contributed by atoms with E-state index in [9.17, 15) is 12.8 Å². The lowest BCUT2D eigenvalue weighted by Gasteiger charge is -2.24. The van der Waals surface area contributed by atoms with Gasteiger partial charge in [-0.15, -0.1) is 0 Å². The van der Waals surface area contributed by atoms with Crippen LogP contribution in [0.4, 0.5) is 4.39 Å². The van der Waals surface area contributed by atoms with Crippen LogP contribution in [0.3, 0.4) is 0 Å². The third-order valence-corrected chi connectivity index (χ3v) is 6.07. The standard InChI is InChI=1S/C14H23FN2O2S2/c1-5-16-9-12-8-13(6-7-14(12)15)21(18,19)17(3)11(2)10-20-4/h6-8,11,16H,5,9-10H2,1-4H3. The number of thioether (sulfide) groups is 1. The Bertz CT molecular complexity index is 564. The summed E-state index contributed by atoms with van der Waals surface area (Å²) in [4.78, 5) is 0.132. The first-order valence-corrected chi connectivity index (χ1v) is 9.64. The van der Waals surface area contributed by atoms with Crippen molar-refractivity contribution in [1.82, 2.24) is 9.62 Å². The number of halogens is 1. The van der Waals surface area contributed by atoms with Gasteiger partial charge in [0.1, 0.15) is 5.82 Å². The van der Waals surface area contributed by atoms with Gasteiger partial charge in [-0.05, 0) is 37.9 Å². The molecule has 0 aromatic heterocycles. The molecule has 0 bridgehead atoms. The maximum Gasteiger partial charge on any atom is 0.243 e. The van der Waals surface area contributed by atoms with Crippen molar-refractivity contribution in [3.8, 4) is 0 Å². The van der Waals surface area contributed by atoms with Crippen LogP contribution in [0.1, 0.15) is 19.4 Å². The molecule has 1 aromatic carbocycles. The van der Waals surface area contributed by atoms with Crippen LogP contribution in [0.15, 0.2) is 23.1 Å². The third-order valence-electron chi connectivity index (χ3n) is 3.29. The molecule has 0 saturated carbocycles. The zero-order chi connectivity index (χ0) is 16.0. The van der Waals surface area contributed by atoms with E-state index >= 15 is 0 Å². The largest absolute Gasteiger partial charge is 0.313 e. The van der Waals surface area contributed by atoms with Gasteiger partial charge in [0.05, 0.1) is 4.90 Å². The van der Waals surface area contributed by atoms with Crippen molar-refractivity contribution in [1.29, 1.82) is 0 Å². The maximum absolute atomic E-state index is 13.7. The van der Waals surface area contributed by atoms with Gasteiger partial charge in [-0.3, -0.25) is 0 Å². The summed E-state index contributed by atoms with van der Waals surface area (Å²) in [6.45, 7) is 4.78. The minimum absolute atomic E-state index is 0.118. The number of hydrogen-bond acceptors (Lipinski definition) is 4. The van der Waals surface area contributed by atoms with Gasteiger partial charge in [-0.1, -0.05) is 6.92 Å². The number of sulfonamides is 1. The fourth-order valence-corrected chi connectivity index (χ4v) is 4.07. The first-order valence-electron chi connectivity index (χ1n) is 6.80. The Labute approximate surface area is 131 Å².